The summed E-state index contributed by atoms with van der Waals surface area (Å²) >= 11 is 0. The van der Waals surface area contributed by atoms with Crippen molar-refractivity contribution in [1.29, 1.82) is 0 Å². The van der Waals surface area contributed by atoms with E-state index in [0.29, 0.717) is 50.0 Å². The van der Waals surface area contributed by atoms with Gasteiger partial charge in [-0.25, -0.2) is 9.78 Å². The molecule has 1 aromatic rings. The molecule has 0 bridgehead atoms. The Balaban J connectivity index is 1.52. The first-order chi connectivity index (χ1) is 13.5. The van der Waals surface area contributed by atoms with Gasteiger partial charge in [-0.3, -0.25) is 4.79 Å². The first-order valence-corrected chi connectivity index (χ1v) is 10.4. The third-order valence-electron chi connectivity index (χ3n) is 5.73. The average Bonchev–Trinajstić information content (AvgIpc) is 2.73. The van der Waals surface area contributed by atoms with Gasteiger partial charge in [0.05, 0.1) is 6.61 Å². The van der Waals surface area contributed by atoms with Gasteiger partial charge in [0.2, 0.25) is 5.91 Å². The molecule has 1 aliphatic heterocycles. The summed E-state index contributed by atoms with van der Waals surface area (Å²) in [4.78, 5) is 32.4. The molecule has 2 aliphatic rings. The number of piperidine rings is 1. The molecule has 3 amide bonds. The first kappa shape index (κ1) is 20.4. The Labute approximate surface area is 167 Å². The van der Waals surface area contributed by atoms with Crippen molar-refractivity contribution in [2.45, 2.75) is 44.9 Å². The van der Waals surface area contributed by atoms with Gasteiger partial charge in [-0.2, -0.15) is 0 Å². The number of likely N-dealkylation sites (tertiary alicyclic amines) is 1. The van der Waals surface area contributed by atoms with Gasteiger partial charge in [0.1, 0.15) is 0 Å². The third-order valence-corrected chi connectivity index (χ3v) is 5.73. The Morgan fingerprint density at radius 2 is 1.89 bits per heavy atom. The number of hydrogen-bond donors (Lipinski definition) is 1. The second-order valence-electron chi connectivity index (χ2n) is 8.09. The normalized spacial score (nSPS) is 18.6. The molecule has 0 aromatic carbocycles. The number of pyridine rings is 1. The number of carbonyl (C=O) groups excluding carboxylic acids is 2. The summed E-state index contributed by atoms with van der Waals surface area (Å²) in [5, 5.41) is 2.95. The third kappa shape index (κ3) is 5.36. The zero-order chi connectivity index (χ0) is 19.9. The topological polar surface area (TPSA) is 74.8 Å². The fraction of sp³-hybridized carbons (Fsp3) is 0.667. The van der Waals surface area contributed by atoms with Crippen molar-refractivity contribution in [3.05, 3.63) is 18.3 Å². The van der Waals surface area contributed by atoms with Crippen LogP contribution in [0.2, 0.25) is 0 Å². The lowest BCUT2D eigenvalue weighted by molar-refractivity contribution is -0.121. The van der Waals surface area contributed by atoms with Gasteiger partial charge < -0.3 is 19.9 Å². The Kier molecular flexibility index (Phi) is 7.12. The van der Waals surface area contributed by atoms with E-state index < -0.39 is 0 Å². The number of hydrogen-bond acceptors (Lipinski definition) is 4. The highest BCUT2D eigenvalue weighted by atomic mass is 16.5. The first-order valence-electron chi connectivity index (χ1n) is 10.4. The largest absolute Gasteiger partial charge is 0.489 e. The van der Waals surface area contributed by atoms with Crippen LogP contribution in [0.1, 0.15) is 44.9 Å². The number of nitrogens with one attached hydrogen (secondary N) is 1. The predicted molar refractivity (Wildman–Crippen MR) is 108 cm³/mol. The maximum absolute atomic E-state index is 12.7. The quantitative estimate of drug-likeness (QED) is 0.839. The van der Waals surface area contributed by atoms with E-state index in [9.17, 15) is 9.59 Å². The highest BCUT2D eigenvalue weighted by Crippen LogP contribution is 2.28. The Bertz CT molecular complexity index is 665. The zero-order valence-corrected chi connectivity index (χ0v) is 17.0. The number of rotatable bonds is 5. The summed E-state index contributed by atoms with van der Waals surface area (Å²) in [7, 11) is 3.49. The van der Waals surface area contributed by atoms with Crippen LogP contribution in [-0.2, 0) is 4.79 Å². The second-order valence-corrected chi connectivity index (χ2v) is 8.09. The standard InChI is InChI=1S/C21H32N4O3/c1-24(2)21(27)25-13-10-17(11-14-25)20(26)23-19-18(9-6-12-22-19)28-15-16-7-4-3-5-8-16/h6,9,12,16-17H,3-5,7-8,10-11,13-15H2,1-2H3,(H,22,23,26). The summed E-state index contributed by atoms with van der Waals surface area (Å²) in [6.45, 7) is 1.88. The van der Waals surface area contributed by atoms with Gasteiger partial charge >= 0.3 is 6.03 Å². The molecule has 1 aromatic heterocycles. The lowest BCUT2D eigenvalue weighted by Gasteiger charge is -2.33. The molecule has 0 atom stereocenters. The fourth-order valence-electron chi connectivity index (χ4n) is 4.00. The number of amides is 3. The van der Waals surface area contributed by atoms with E-state index in [-0.39, 0.29) is 17.9 Å². The molecular weight excluding hydrogens is 356 g/mol. The maximum Gasteiger partial charge on any atom is 0.319 e. The van der Waals surface area contributed by atoms with E-state index in [1.807, 2.05) is 12.1 Å². The van der Waals surface area contributed by atoms with Crippen molar-refractivity contribution in [2.24, 2.45) is 11.8 Å². The van der Waals surface area contributed by atoms with Crippen LogP contribution >= 0.6 is 0 Å². The van der Waals surface area contributed by atoms with E-state index in [4.69, 9.17) is 4.74 Å². The van der Waals surface area contributed by atoms with Crippen molar-refractivity contribution in [2.75, 3.05) is 39.1 Å². The number of urea groups is 1. The van der Waals surface area contributed by atoms with Gasteiger partial charge in [0.15, 0.2) is 11.6 Å². The summed E-state index contributed by atoms with van der Waals surface area (Å²) in [5.41, 5.74) is 0. The average molecular weight is 389 g/mol. The molecule has 0 radical (unpaired) electrons. The Morgan fingerprint density at radius 3 is 2.57 bits per heavy atom. The van der Waals surface area contributed by atoms with Crippen LogP contribution in [0, 0.1) is 11.8 Å². The van der Waals surface area contributed by atoms with Crippen molar-refractivity contribution in [3.8, 4) is 5.75 Å². The van der Waals surface area contributed by atoms with Crippen LogP contribution in [0.15, 0.2) is 18.3 Å². The van der Waals surface area contributed by atoms with Gasteiger partial charge in [0.25, 0.3) is 0 Å². The van der Waals surface area contributed by atoms with Crippen LogP contribution < -0.4 is 10.1 Å². The smallest absolute Gasteiger partial charge is 0.319 e. The highest BCUT2D eigenvalue weighted by Gasteiger charge is 2.28. The number of anilines is 1. The molecule has 1 aliphatic carbocycles. The zero-order valence-electron chi connectivity index (χ0n) is 17.0. The minimum Gasteiger partial charge on any atom is -0.489 e. The molecule has 1 saturated carbocycles. The second kappa shape index (κ2) is 9.75. The lowest BCUT2D eigenvalue weighted by Crippen LogP contribution is -2.45. The van der Waals surface area contributed by atoms with E-state index in [2.05, 4.69) is 10.3 Å². The summed E-state index contributed by atoms with van der Waals surface area (Å²) in [6.07, 6.45) is 9.30. The van der Waals surface area contributed by atoms with Crippen LogP contribution in [-0.4, -0.2) is 60.5 Å². The highest BCUT2D eigenvalue weighted by molar-refractivity contribution is 5.93. The molecule has 7 heteroatoms. The molecule has 7 nitrogen and oxygen atoms in total. The van der Waals surface area contributed by atoms with Crippen molar-refractivity contribution < 1.29 is 14.3 Å². The summed E-state index contributed by atoms with van der Waals surface area (Å²) in [6, 6.07) is 3.70. The predicted octanol–water partition coefficient (Wildman–Crippen LogP) is 3.37. The molecule has 1 N–H and O–H groups in total. The lowest BCUT2D eigenvalue weighted by atomic mass is 9.90. The molecule has 0 unspecified atom stereocenters. The molecular formula is C21H32N4O3. The molecule has 3 rings (SSSR count). The minimum atomic E-state index is -0.112. The van der Waals surface area contributed by atoms with Gasteiger partial charge in [-0.15, -0.1) is 0 Å². The molecule has 28 heavy (non-hydrogen) atoms. The van der Waals surface area contributed by atoms with E-state index in [1.165, 1.54) is 32.1 Å². The molecule has 2 heterocycles. The SMILES string of the molecule is CN(C)C(=O)N1CCC(C(=O)Nc2ncccc2OCC2CCCCC2)CC1. The van der Waals surface area contributed by atoms with Crippen LogP contribution in [0.25, 0.3) is 0 Å². The number of aromatic nitrogens is 1. The Hall–Kier alpha value is -2.31. The minimum absolute atomic E-state index is 0.00184. The Morgan fingerprint density at radius 1 is 1.18 bits per heavy atom. The number of nitrogens with zero attached hydrogens (tertiary/aromatic N) is 3. The van der Waals surface area contributed by atoms with Crippen LogP contribution in [0.4, 0.5) is 10.6 Å². The van der Waals surface area contributed by atoms with E-state index in [1.54, 1.807) is 30.1 Å². The fourth-order valence-corrected chi connectivity index (χ4v) is 4.00. The van der Waals surface area contributed by atoms with Crippen LogP contribution in [0.3, 0.4) is 0 Å². The molecule has 154 valence electrons. The van der Waals surface area contributed by atoms with Crippen molar-refractivity contribution >= 4 is 17.8 Å². The van der Waals surface area contributed by atoms with Gasteiger partial charge in [-0.05, 0) is 43.7 Å². The van der Waals surface area contributed by atoms with Crippen molar-refractivity contribution in [1.82, 2.24) is 14.8 Å². The molecule has 0 spiro atoms. The number of ether oxygens (including phenoxy) is 1. The van der Waals surface area contributed by atoms with E-state index >= 15 is 0 Å². The maximum atomic E-state index is 12.7. The van der Waals surface area contributed by atoms with Gasteiger partial charge in [-0.1, -0.05) is 19.3 Å². The molecule has 1 saturated heterocycles. The monoisotopic (exact) mass is 388 g/mol. The molecule has 2 fully saturated rings. The number of carbonyl (C=O) groups is 2. The summed E-state index contributed by atoms with van der Waals surface area (Å²) in [5.74, 6) is 1.57. The summed E-state index contributed by atoms with van der Waals surface area (Å²) < 4.78 is 6.00. The van der Waals surface area contributed by atoms with E-state index in [0.717, 1.165) is 0 Å². The van der Waals surface area contributed by atoms with Crippen LogP contribution in [0.5, 0.6) is 5.75 Å². The van der Waals surface area contributed by atoms with Gasteiger partial charge in [0, 0.05) is 39.3 Å². The van der Waals surface area contributed by atoms with Crippen molar-refractivity contribution in [3.63, 3.8) is 0 Å².